The molecule has 1 fully saturated rings. The Balaban J connectivity index is 1.62. The van der Waals surface area contributed by atoms with Crippen molar-refractivity contribution in [2.24, 2.45) is 0 Å². The van der Waals surface area contributed by atoms with Crippen LogP contribution in [0.1, 0.15) is 9.67 Å². The quantitative estimate of drug-likeness (QED) is 0.768. The summed E-state index contributed by atoms with van der Waals surface area (Å²) in [6.07, 6.45) is 1.67. The van der Waals surface area contributed by atoms with Crippen LogP contribution in [0.15, 0.2) is 30.2 Å². The highest BCUT2D eigenvalue weighted by molar-refractivity contribution is 7.12. The number of thiophene rings is 1. The fourth-order valence-corrected chi connectivity index (χ4v) is 2.91. The summed E-state index contributed by atoms with van der Waals surface area (Å²) >= 11 is 1.44. The molecule has 1 aromatic rings. The van der Waals surface area contributed by atoms with Crippen LogP contribution in [0, 0.1) is 0 Å². The number of piperazine rings is 1. The maximum atomic E-state index is 11.8. The van der Waals surface area contributed by atoms with Crippen molar-refractivity contribution in [3.8, 4) is 0 Å². The third kappa shape index (κ3) is 4.85. The summed E-state index contributed by atoms with van der Waals surface area (Å²) in [5, 5.41) is 7.60. The van der Waals surface area contributed by atoms with Gasteiger partial charge in [0.15, 0.2) is 0 Å². The molecule has 0 saturated carbocycles. The van der Waals surface area contributed by atoms with Gasteiger partial charge >= 0.3 is 6.03 Å². The normalized spacial score (nSPS) is 15.4. The van der Waals surface area contributed by atoms with E-state index in [1.54, 1.807) is 6.08 Å². The van der Waals surface area contributed by atoms with E-state index in [4.69, 9.17) is 0 Å². The van der Waals surface area contributed by atoms with Gasteiger partial charge in [-0.3, -0.25) is 9.69 Å². The molecule has 0 bridgehead atoms. The van der Waals surface area contributed by atoms with Crippen LogP contribution < -0.4 is 10.6 Å². The van der Waals surface area contributed by atoms with Gasteiger partial charge in [0.05, 0.1) is 4.88 Å². The molecular weight excluding hydrogens is 300 g/mol. The first kappa shape index (κ1) is 16.5. The zero-order valence-corrected chi connectivity index (χ0v) is 13.4. The van der Waals surface area contributed by atoms with Crippen molar-refractivity contribution in [2.75, 3.05) is 45.8 Å². The lowest BCUT2D eigenvalue weighted by molar-refractivity contribution is 0.0946. The summed E-state index contributed by atoms with van der Waals surface area (Å²) in [7, 11) is 0. The smallest absolute Gasteiger partial charge is 0.317 e. The van der Waals surface area contributed by atoms with E-state index >= 15 is 0 Å². The number of hydrogen-bond acceptors (Lipinski definition) is 4. The SMILES string of the molecule is C=CCNC(=O)N1CCN(CCNC(=O)c2cccs2)CC1. The van der Waals surface area contributed by atoms with Gasteiger partial charge in [-0.15, -0.1) is 17.9 Å². The Hall–Kier alpha value is -1.86. The molecule has 0 unspecified atom stereocenters. The molecule has 0 spiro atoms. The van der Waals surface area contributed by atoms with Gasteiger partial charge in [0, 0.05) is 45.8 Å². The number of amides is 3. The number of carbonyl (C=O) groups excluding carboxylic acids is 2. The summed E-state index contributed by atoms with van der Waals surface area (Å²) in [6.45, 7) is 8.58. The molecule has 2 N–H and O–H groups in total. The van der Waals surface area contributed by atoms with Gasteiger partial charge in [-0.1, -0.05) is 12.1 Å². The fraction of sp³-hybridized carbons (Fsp3) is 0.467. The summed E-state index contributed by atoms with van der Waals surface area (Å²) in [5.74, 6) is -0.0163. The predicted octanol–water partition coefficient (Wildman–Crippen LogP) is 0.991. The number of rotatable bonds is 6. The lowest BCUT2D eigenvalue weighted by atomic mass is 10.3. The molecule has 2 heterocycles. The Labute approximate surface area is 134 Å². The van der Waals surface area contributed by atoms with E-state index in [0.29, 0.717) is 26.2 Å². The third-order valence-corrected chi connectivity index (χ3v) is 4.38. The number of urea groups is 1. The van der Waals surface area contributed by atoms with E-state index < -0.39 is 0 Å². The molecule has 7 heteroatoms. The van der Waals surface area contributed by atoms with Crippen LogP contribution >= 0.6 is 11.3 Å². The van der Waals surface area contributed by atoms with E-state index in [-0.39, 0.29) is 11.9 Å². The van der Waals surface area contributed by atoms with Crippen LogP contribution in [0.5, 0.6) is 0 Å². The van der Waals surface area contributed by atoms with Crippen LogP contribution in [-0.4, -0.2) is 67.6 Å². The van der Waals surface area contributed by atoms with Crippen molar-refractivity contribution in [3.05, 3.63) is 35.0 Å². The molecule has 1 aliphatic rings. The van der Waals surface area contributed by atoms with Crippen molar-refractivity contribution < 1.29 is 9.59 Å². The molecule has 0 atom stereocenters. The summed E-state index contributed by atoms with van der Waals surface area (Å²) in [4.78, 5) is 28.4. The minimum Gasteiger partial charge on any atom is -0.350 e. The van der Waals surface area contributed by atoms with E-state index in [0.717, 1.165) is 24.5 Å². The van der Waals surface area contributed by atoms with Gasteiger partial charge in [0.1, 0.15) is 0 Å². The van der Waals surface area contributed by atoms with Crippen LogP contribution in [0.3, 0.4) is 0 Å². The molecule has 2 rings (SSSR count). The molecule has 0 aliphatic carbocycles. The maximum absolute atomic E-state index is 11.8. The number of nitrogens with zero attached hydrogens (tertiary/aromatic N) is 2. The molecule has 0 aromatic carbocycles. The second kappa shape index (κ2) is 8.55. The zero-order chi connectivity index (χ0) is 15.8. The van der Waals surface area contributed by atoms with E-state index in [2.05, 4.69) is 22.1 Å². The van der Waals surface area contributed by atoms with E-state index in [9.17, 15) is 9.59 Å². The molecule has 6 nitrogen and oxygen atoms in total. The molecule has 1 aromatic heterocycles. The van der Waals surface area contributed by atoms with Crippen molar-refractivity contribution in [2.45, 2.75) is 0 Å². The summed E-state index contributed by atoms with van der Waals surface area (Å²) in [6, 6.07) is 3.65. The second-order valence-corrected chi connectivity index (χ2v) is 5.98. The Morgan fingerprint density at radius 3 is 2.68 bits per heavy atom. The van der Waals surface area contributed by atoms with Gasteiger partial charge in [0.25, 0.3) is 5.91 Å². The van der Waals surface area contributed by atoms with Gasteiger partial charge in [-0.25, -0.2) is 4.79 Å². The topological polar surface area (TPSA) is 64.7 Å². The van der Waals surface area contributed by atoms with Gasteiger partial charge < -0.3 is 15.5 Å². The van der Waals surface area contributed by atoms with Crippen LogP contribution in [0.25, 0.3) is 0 Å². The monoisotopic (exact) mass is 322 g/mol. The zero-order valence-electron chi connectivity index (χ0n) is 12.6. The van der Waals surface area contributed by atoms with Gasteiger partial charge in [0.2, 0.25) is 0 Å². The average molecular weight is 322 g/mol. The van der Waals surface area contributed by atoms with Gasteiger partial charge in [-0.05, 0) is 11.4 Å². The standard InChI is InChI=1S/C15H22N4O2S/c1-2-5-17-15(21)19-10-8-18(9-11-19)7-6-16-14(20)13-4-3-12-22-13/h2-4,12H,1,5-11H2,(H,16,20)(H,17,21). The van der Waals surface area contributed by atoms with Crippen LogP contribution in [0.2, 0.25) is 0 Å². The molecule has 1 aliphatic heterocycles. The van der Waals surface area contributed by atoms with E-state index in [1.165, 1.54) is 11.3 Å². The summed E-state index contributed by atoms with van der Waals surface area (Å²) in [5.41, 5.74) is 0. The highest BCUT2D eigenvalue weighted by Gasteiger charge is 2.20. The van der Waals surface area contributed by atoms with Gasteiger partial charge in [-0.2, -0.15) is 0 Å². The van der Waals surface area contributed by atoms with Crippen LogP contribution in [0.4, 0.5) is 4.79 Å². The number of nitrogens with one attached hydrogen (secondary N) is 2. The molecule has 22 heavy (non-hydrogen) atoms. The first-order valence-corrected chi connectivity index (χ1v) is 8.26. The minimum absolute atomic E-state index is 0.0163. The first-order chi connectivity index (χ1) is 10.7. The molecule has 3 amide bonds. The first-order valence-electron chi connectivity index (χ1n) is 7.38. The summed E-state index contributed by atoms with van der Waals surface area (Å²) < 4.78 is 0. The minimum atomic E-state index is -0.0365. The Kier molecular flexibility index (Phi) is 6.42. The lowest BCUT2D eigenvalue weighted by Gasteiger charge is -2.34. The second-order valence-electron chi connectivity index (χ2n) is 5.04. The predicted molar refractivity (Wildman–Crippen MR) is 88.3 cm³/mol. The Morgan fingerprint density at radius 2 is 2.05 bits per heavy atom. The molecule has 0 radical (unpaired) electrons. The largest absolute Gasteiger partial charge is 0.350 e. The Morgan fingerprint density at radius 1 is 1.27 bits per heavy atom. The highest BCUT2D eigenvalue weighted by Crippen LogP contribution is 2.07. The molecule has 120 valence electrons. The number of hydrogen-bond donors (Lipinski definition) is 2. The maximum Gasteiger partial charge on any atom is 0.317 e. The van der Waals surface area contributed by atoms with Crippen molar-refractivity contribution in [1.29, 1.82) is 0 Å². The molecular formula is C15H22N4O2S. The molecule has 1 saturated heterocycles. The fourth-order valence-electron chi connectivity index (χ4n) is 2.27. The lowest BCUT2D eigenvalue weighted by Crippen LogP contribution is -2.52. The third-order valence-electron chi connectivity index (χ3n) is 3.52. The van der Waals surface area contributed by atoms with Crippen molar-refractivity contribution in [3.63, 3.8) is 0 Å². The average Bonchev–Trinajstić information content (AvgIpc) is 3.07. The van der Waals surface area contributed by atoms with E-state index in [1.807, 2.05) is 22.4 Å². The Bertz CT molecular complexity index is 496. The van der Waals surface area contributed by atoms with Crippen molar-refractivity contribution >= 4 is 23.3 Å². The highest BCUT2D eigenvalue weighted by atomic mass is 32.1. The number of carbonyl (C=O) groups is 2. The van der Waals surface area contributed by atoms with Crippen molar-refractivity contribution in [1.82, 2.24) is 20.4 Å². The van der Waals surface area contributed by atoms with Crippen LogP contribution in [-0.2, 0) is 0 Å².